The van der Waals surface area contributed by atoms with E-state index < -0.39 is 11.8 Å². The average molecular weight is 1120 g/mol. The highest BCUT2D eigenvalue weighted by atomic mass is 16.7. The van der Waals surface area contributed by atoms with Crippen molar-refractivity contribution in [2.24, 2.45) is 0 Å². The van der Waals surface area contributed by atoms with E-state index in [1.807, 2.05) is 19.0 Å². The predicted molar refractivity (Wildman–Crippen MR) is 329 cm³/mol. The molecule has 0 aromatic carbocycles. The van der Waals surface area contributed by atoms with Crippen LogP contribution in [0, 0.1) is 0 Å². The van der Waals surface area contributed by atoms with Crippen LogP contribution in [-0.2, 0) is 42.9 Å². The number of ether oxygens (including phenoxy) is 5. The fraction of sp³-hybridized carbons (Fsp3) is 0.941. The maximum absolute atomic E-state index is 14.0. The van der Waals surface area contributed by atoms with Crippen molar-refractivity contribution in [3.05, 3.63) is 0 Å². The summed E-state index contributed by atoms with van der Waals surface area (Å²) in [4.78, 5) is 56.9. The van der Waals surface area contributed by atoms with Crippen LogP contribution in [0.15, 0.2) is 0 Å². The number of likely N-dealkylation sites (tertiary alicyclic amines) is 1. The van der Waals surface area contributed by atoms with Crippen LogP contribution in [0.5, 0.6) is 0 Å². The third kappa shape index (κ3) is 44.0. The van der Waals surface area contributed by atoms with Crippen LogP contribution in [0.2, 0.25) is 0 Å². The second kappa shape index (κ2) is 53.7. The van der Waals surface area contributed by atoms with Crippen molar-refractivity contribution < 1.29 is 42.9 Å². The van der Waals surface area contributed by atoms with Crippen LogP contribution in [0.4, 0.5) is 0 Å². The molecule has 11 nitrogen and oxygen atoms in total. The van der Waals surface area contributed by atoms with Crippen molar-refractivity contribution in [3.8, 4) is 0 Å². The van der Waals surface area contributed by atoms with E-state index in [0.29, 0.717) is 65.0 Å². The quantitative estimate of drug-likeness (QED) is 0.0250. The molecule has 1 heterocycles. The van der Waals surface area contributed by atoms with Crippen molar-refractivity contribution in [1.29, 1.82) is 0 Å². The minimum absolute atomic E-state index is 0.111. The topological polar surface area (TPSA) is 121 Å². The highest BCUT2D eigenvalue weighted by molar-refractivity contribution is 5.76. The molecule has 0 saturated carbocycles. The molecule has 1 rings (SSSR count). The molecule has 0 amide bonds. The summed E-state index contributed by atoms with van der Waals surface area (Å²) in [6.45, 7) is 13.9. The number of rotatable bonds is 59. The Labute approximate surface area is 488 Å². The molecule has 1 fully saturated rings. The minimum Gasteiger partial charge on any atom is -0.466 e. The van der Waals surface area contributed by atoms with Gasteiger partial charge in [-0.05, 0) is 78.4 Å². The number of hydrogen-bond acceptors (Lipinski definition) is 11. The summed E-state index contributed by atoms with van der Waals surface area (Å²) < 4.78 is 31.4. The molecule has 0 aromatic rings. The lowest BCUT2D eigenvalue weighted by atomic mass is 9.97. The molecule has 1 aliphatic heterocycles. The van der Waals surface area contributed by atoms with E-state index in [1.54, 1.807) is 0 Å². The summed E-state index contributed by atoms with van der Waals surface area (Å²) in [5.74, 6) is -1.65. The Bertz CT molecular complexity index is 1380. The van der Waals surface area contributed by atoms with E-state index in [0.717, 1.165) is 103 Å². The van der Waals surface area contributed by atoms with Crippen LogP contribution < -0.4 is 0 Å². The van der Waals surface area contributed by atoms with Crippen molar-refractivity contribution in [2.75, 3.05) is 46.9 Å². The Hall–Kier alpha value is -2.24. The molecule has 0 bridgehead atoms. The summed E-state index contributed by atoms with van der Waals surface area (Å²) in [5, 5.41) is 0. The zero-order valence-electron chi connectivity index (χ0n) is 53.3. The molecule has 1 aliphatic rings. The number of carbonyl (C=O) groups is 4. The van der Waals surface area contributed by atoms with Crippen LogP contribution >= 0.6 is 0 Å². The van der Waals surface area contributed by atoms with Crippen LogP contribution in [0.3, 0.4) is 0 Å². The van der Waals surface area contributed by atoms with Gasteiger partial charge in [-0.15, -0.1) is 0 Å². The molecule has 79 heavy (non-hydrogen) atoms. The number of unbranched alkanes of at least 4 members (excludes halogenated alkanes) is 33. The SMILES string of the molecule is CCCCCCCCCCCOC(=O)CCCCCN1CC(OC(=O)CCN(C)C)C[C@H]1C(=O)OCCCCCCC(=O)OC(CCCCCCCC)(CCCCCCCC)OC(CCCCCCCC)CCCCCCCC. The van der Waals surface area contributed by atoms with Gasteiger partial charge in [-0.1, -0.05) is 247 Å². The van der Waals surface area contributed by atoms with Gasteiger partial charge in [0.15, 0.2) is 0 Å². The Morgan fingerprint density at radius 1 is 0.456 bits per heavy atom. The minimum atomic E-state index is -0.868. The second-order valence-electron chi connectivity index (χ2n) is 24.4. The average Bonchev–Trinajstić information content (AvgIpc) is 3.85. The summed E-state index contributed by atoms with van der Waals surface area (Å²) in [7, 11) is 3.87. The maximum Gasteiger partial charge on any atom is 0.323 e. The van der Waals surface area contributed by atoms with Gasteiger partial charge in [0.2, 0.25) is 5.79 Å². The van der Waals surface area contributed by atoms with E-state index >= 15 is 0 Å². The second-order valence-corrected chi connectivity index (χ2v) is 24.4. The fourth-order valence-electron chi connectivity index (χ4n) is 11.3. The van der Waals surface area contributed by atoms with Gasteiger partial charge in [-0.2, -0.15) is 0 Å². The number of nitrogens with zero attached hydrogens (tertiary/aromatic N) is 2. The summed E-state index contributed by atoms with van der Waals surface area (Å²) in [5.41, 5.74) is 0. The monoisotopic (exact) mass is 1120 g/mol. The maximum atomic E-state index is 14.0. The van der Waals surface area contributed by atoms with E-state index in [9.17, 15) is 19.2 Å². The Kier molecular flexibility index (Phi) is 50.9. The van der Waals surface area contributed by atoms with Gasteiger partial charge in [-0.3, -0.25) is 24.1 Å². The number of hydrogen-bond donors (Lipinski definition) is 0. The van der Waals surface area contributed by atoms with Gasteiger partial charge < -0.3 is 28.6 Å². The first-order valence-electron chi connectivity index (χ1n) is 34.3. The third-order valence-electron chi connectivity index (χ3n) is 16.3. The molecular weight excluding hydrogens is 989 g/mol. The fourth-order valence-corrected chi connectivity index (χ4v) is 11.3. The molecule has 466 valence electrons. The van der Waals surface area contributed by atoms with Crippen molar-refractivity contribution in [2.45, 2.75) is 367 Å². The summed E-state index contributed by atoms with van der Waals surface area (Å²) >= 11 is 0. The van der Waals surface area contributed by atoms with Crippen LogP contribution in [0.25, 0.3) is 0 Å². The summed E-state index contributed by atoms with van der Waals surface area (Å²) in [6.07, 6.45) is 51.0. The summed E-state index contributed by atoms with van der Waals surface area (Å²) in [6, 6.07) is -0.478. The molecule has 1 saturated heterocycles. The molecule has 0 radical (unpaired) electrons. The first-order chi connectivity index (χ1) is 38.5. The lowest BCUT2D eigenvalue weighted by molar-refractivity contribution is -0.259. The van der Waals surface area contributed by atoms with Gasteiger partial charge in [0.05, 0.1) is 25.7 Å². The number of esters is 4. The van der Waals surface area contributed by atoms with E-state index in [2.05, 4.69) is 39.5 Å². The van der Waals surface area contributed by atoms with Gasteiger partial charge in [0.25, 0.3) is 0 Å². The molecule has 2 atom stereocenters. The zero-order valence-corrected chi connectivity index (χ0v) is 53.3. The van der Waals surface area contributed by atoms with Gasteiger partial charge in [0, 0.05) is 45.2 Å². The molecule has 1 unspecified atom stereocenters. The molecule has 0 N–H and O–H groups in total. The first-order valence-corrected chi connectivity index (χ1v) is 34.3. The first kappa shape index (κ1) is 74.8. The van der Waals surface area contributed by atoms with E-state index in [4.69, 9.17) is 23.7 Å². The predicted octanol–water partition coefficient (Wildman–Crippen LogP) is 18.7. The highest BCUT2D eigenvalue weighted by Crippen LogP contribution is 2.34. The van der Waals surface area contributed by atoms with E-state index in [-0.39, 0.29) is 36.1 Å². The Balaban J connectivity index is 2.86. The van der Waals surface area contributed by atoms with Crippen molar-refractivity contribution >= 4 is 23.9 Å². The van der Waals surface area contributed by atoms with Crippen molar-refractivity contribution in [1.82, 2.24) is 9.80 Å². The Morgan fingerprint density at radius 3 is 1.34 bits per heavy atom. The number of carbonyl (C=O) groups excluding carboxylic acids is 4. The smallest absolute Gasteiger partial charge is 0.323 e. The molecule has 0 spiro atoms. The molecular formula is C68H130N2O9. The molecule has 0 aliphatic carbocycles. The normalized spacial score (nSPS) is 14.9. The lowest BCUT2D eigenvalue weighted by Gasteiger charge is -2.37. The van der Waals surface area contributed by atoms with Crippen LogP contribution in [0.1, 0.15) is 343 Å². The molecule has 0 aromatic heterocycles. The zero-order chi connectivity index (χ0) is 57.7. The van der Waals surface area contributed by atoms with Gasteiger partial charge in [-0.25, -0.2) is 0 Å². The Morgan fingerprint density at radius 2 is 0.861 bits per heavy atom. The van der Waals surface area contributed by atoms with Crippen LogP contribution in [-0.4, -0.2) is 105 Å². The third-order valence-corrected chi connectivity index (χ3v) is 16.3. The van der Waals surface area contributed by atoms with Crippen molar-refractivity contribution in [3.63, 3.8) is 0 Å². The standard InChI is InChI=1S/C68H130N2O9/c1-8-13-18-23-28-29-30-36-46-57-75-64(71)50-42-38-45-55-70-60-62(77-65(72)52-56-69(6)7)59-63(70)67(74)76-58-47-37-33-41-51-66(73)79-68(53-43-34-26-21-16-11-4,54-44-35-27-22-17-12-5)78-61(48-39-31-24-19-14-9-2)49-40-32-25-20-15-10-3/h61-63H,8-60H2,1-7H3/t62?,63-/m0/s1. The van der Waals surface area contributed by atoms with Gasteiger partial charge in [0.1, 0.15) is 12.1 Å². The molecule has 11 heteroatoms. The van der Waals surface area contributed by atoms with E-state index in [1.165, 1.54) is 173 Å². The largest absolute Gasteiger partial charge is 0.466 e. The van der Waals surface area contributed by atoms with Gasteiger partial charge >= 0.3 is 23.9 Å². The lowest BCUT2D eigenvalue weighted by Crippen LogP contribution is -2.42. The highest BCUT2D eigenvalue weighted by Gasteiger charge is 2.40.